The van der Waals surface area contributed by atoms with Gasteiger partial charge in [-0.1, -0.05) is 30.3 Å². The molecule has 1 atom stereocenters. The first-order valence-corrected chi connectivity index (χ1v) is 11.2. The number of nitrogens with two attached hydrogens (primary N) is 1. The van der Waals surface area contributed by atoms with Gasteiger partial charge in [0.1, 0.15) is 11.8 Å². The van der Waals surface area contributed by atoms with Gasteiger partial charge in [0.25, 0.3) is 5.91 Å². The van der Waals surface area contributed by atoms with Crippen LogP contribution in [0.4, 0.5) is 0 Å². The number of piperazine rings is 1. The molecule has 0 spiro atoms. The molecule has 0 saturated carbocycles. The molecule has 1 amide bonds. The average molecular weight is 419 g/mol. The van der Waals surface area contributed by atoms with E-state index < -0.39 is 10.0 Å². The van der Waals surface area contributed by atoms with Gasteiger partial charge in [0, 0.05) is 31.7 Å². The van der Waals surface area contributed by atoms with Crippen molar-refractivity contribution in [3.8, 4) is 5.75 Å². The van der Waals surface area contributed by atoms with E-state index in [9.17, 15) is 13.2 Å². The summed E-state index contributed by atoms with van der Waals surface area (Å²) in [6, 6.07) is 16.6. The van der Waals surface area contributed by atoms with Gasteiger partial charge in [0.15, 0.2) is 6.54 Å². The number of carbonyl (C=O) groups is 1. The van der Waals surface area contributed by atoms with Gasteiger partial charge < -0.3 is 15.0 Å². The summed E-state index contributed by atoms with van der Waals surface area (Å²) in [5.41, 5.74) is 1.18. The van der Waals surface area contributed by atoms with Crippen LogP contribution < -0.4 is 10.1 Å². The number of ether oxygens (including phenoxy) is 1. The molecule has 1 saturated heterocycles. The number of quaternary nitrogens is 1. The second-order valence-corrected chi connectivity index (χ2v) is 9.04. The molecule has 1 aliphatic heterocycles. The Hall–Kier alpha value is -2.42. The van der Waals surface area contributed by atoms with Crippen LogP contribution in [0.5, 0.6) is 5.75 Å². The third kappa shape index (κ3) is 5.14. The Morgan fingerprint density at radius 2 is 1.66 bits per heavy atom. The number of nitrogens with zero attached hydrogens (tertiary/aromatic N) is 2. The van der Waals surface area contributed by atoms with Crippen molar-refractivity contribution in [3.63, 3.8) is 0 Å². The number of hydrogen-bond donors (Lipinski definition) is 1. The van der Waals surface area contributed by atoms with Crippen molar-refractivity contribution in [2.75, 3.05) is 39.8 Å². The molecule has 0 aliphatic carbocycles. The highest BCUT2D eigenvalue weighted by molar-refractivity contribution is 7.89. The first kappa shape index (κ1) is 21.3. The van der Waals surface area contributed by atoms with E-state index in [1.807, 2.05) is 23.5 Å². The molecule has 29 heavy (non-hydrogen) atoms. The quantitative estimate of drug-likeness (QED) is 0.723. The smallest absolute Gasteiger partial charge is 0.277 e. The van der Waals surface area contributed by atoms with E-state index in [1.54, 1.807) is 29.2 Å². The Kier molecular flexibility index (Phi) is 6.89. The van der Waals surface area contributed by atoms with Crippen LogP contribution in [-0.4, -0.2) is 63.4 Å². The van der Waals surface area contributed by atoms with Crippen LogP contribution in [0.2, 0.25) is 0 Å². The van der Waals surface area contributed by atoms with Crippen LogP contribution in [0.25, 0.3) is 0 Å². The molecule has 0 bridgehead atoms. The lowest BCUT2D eigenvalue weighted by atomic mass is 10.1. The Morgan fingerprint density at radius 3 is 2.24 bits per heavy atom. The lowest BCUT2D eigenvalue weighted by Crippen LogP contribution is -2.87. The summed E-state index contributed by atoms with van der Waals surface area (Å²) in [5, 5.41) is 2.01. The Labute approximate surface area is 172 Å². The SMILES string of the molecule is COc1ccc(S(=O)(=O)N2CCN(C(=O)C[NH2+][C@H](C)c3ccccc3)CC2)cc1. The second kappa shape index (κ2) is 9.39. The topological polar surface area (TPSA) is 83.5 Å². The Morgan fingerprint density at radius 1 is 1.03 bits per heavy atom. The third-order valence-electron chi connectivity index (χ3n) is 5.26. The minimum Gasteiger partial charge on any atom is -0.497 e. The van der Waals surface area contributed by atoms with E-state index in [-0.39, 0.29) is 16.8 Å². The number of carbonyl (C=O) groups excluding carboxylic acids is 1. The van der Waals surface area contributed by atoms with Gasteiger partial charge in [-0.15, -0.1) is 0 Å². The van der Waals surface area contributed by atoms with Crippen molar-refractivity contribution in [2.24, 2.45) is 0 Å². The van der Waals surface area contributed by atoms with E-state index in [2.05, 4.69) is 19.1 Å². The maximum Gasteiger partial charge on any atom is 0.277 e. The molecule has 0 aromatic heterocycles. The predicted octanol–water partition coefficient (Wildman–Crippen LogP) is 0.853. The summed E-state index contributed by atoms with van der Waals surface area (Å²) in [6.07, 6.45) is 0. The van der Waals surface area contributed by atoms with Crippen molar-refractivity contribution in [1.29, 1.82) is 0 Å². The van der Waals surface area contributed by atoms with Gasteiger partial charge in [-0.3, -0.25) is 4.79 Å². The van der Waals surface area contributed by atoms with Crippen LogP contribution >= 0.6 is 0 Å². The van der Waals surface area contributed by atoms with Crippen molar-refractivity contribution >= 4 is 15.9 Å². The molecule has 8 heteroatoms. The number of methoxy groups -OCH3 is 1. The minimum atomic E-state index is -3.57. The molecule has 0 radical (unpaired) electrons. The van der Waals surface area contributed by atoms with Gasteiger partial charge in [0.2, 0.25) is 10.0 Å². The molecule has 1 fully saturated rings. The van der Waals surface area contributed by atoms with Crippen molar-refractivity contribution in [2.45, 2.75) is 17.9 Å². The van der Waals surface area contributed by atoms with Crippen LogP contribution in [0, 0.1) is 0 Å². The molecule has 1 aliphatic rings. The predicted molar refractivity (Wildman–Crippen MR) is 110 cm³/mol. The summed E-state index contributed by atoms with van der Waals surface area (Å²) in [4.78, 5) is 14.5. The fraction of sp³-hybridized carbons (Fsp3) is 0.381. The number of sulfonamides is 1. The van der Waals surface area contributed by atoms with Crippen LogP contribution in [0.3, 0.4) is 0 Å². The summed E-state index contributed by atoms with van der Waals surface area (Å²) in [7, 11) is -2.03. The van der Waals surface area contributed by atoms with E-state index in [4.69, 9.17) is 4.74 Å². The Bertz CT molecular complexity index is 909. The lowest BCUT2D eigenvalue weighted by Gasteiger charge is -2.33. The molecule has 3 rings (SSSR count). The molecule has 156 valence electrons. The number of rotatable bonds is 7. The standard InChI is InChI=1S/C21H27N3O4S/c1-17(18-6-4-3-5-7-18)22-16-21(25)23-12-14-24(15-13-23)29(26,27)20-10-8-19(28-2)9-11-20/h3-11,17,22H,12-16H2,1-2H3/p+1/t17-/m1/s1. The maximum absolute atomic E-state index is 12.8. The zero-order valence-electron chi connectivity index (χ0n) is 16.8. The molecular weight excluding hydrogens is 390 g/mol. The molecule has 2 aromatic carbocycles. The monoisotopic (exact) mass is 418 g/mol. The van der Waals surface area contributed by atoms with E-state index >= 15 is 0 Å². The van der Waals surface area contributed by atoms with Crippen molar-refractivity contribution in [3.05, 3.63) is 60.2 Å². The average Bonchev–Trinajstić information content (AvgIpc) is 2.78. The second-order valence-electron chi connectivity index (χ2n) is 7.10. The van der Waals surface area contributed by atoms with Crippen molar-refractivity contribution in [1.82, 2.24) is 9.21 Å². The van der Waals surface area contributed by atoms with Gasteiger partial charge in [-0.05, 0) is 31.2 Å². The van der Waals surface area contributed by atoms with E-state index in [0.29, 0.717) is 38.5 Å². The molecule has 2 aromatic rings. The zero-order valence-corrected chi connectivity index (χ0v) is 17.6. The van der Waals surface area contributed by atoms with E-state index in [0.717, 1.165) is 0 Å². The lowest BCUT2D eigenvalue weighted by molar-refractivity contribution is -0.683. The summed E-state index contributed by atoms with van der Waals surface area (Å²) in [6.45, 7) is 3.83. The number of benzene rings is 2. The largest absolute Gasteiger partial charge is 0.497 e. The Balaban J connectivity index is 1.52. The fourth-order valence-electron chi connectivity index (χ4n) is 3.37. The van der Waals surface area contributed by atoms with Crippen LogP contribution in [-0.2, 0) is 14.8 Å². The normalized spacial score (nSPS) is 16.4. The number of amides is 1. The summed E-state index contributed by atoms with van der Waals surface area (Å²) in [5.74, 6) is 0.648. The molecule has 1 heterocycles. The van der Waals surface area contributed by atoms with Gasteiger partial charge >= 0.3 is 0 Å². The van der Waals surface area contributed by atoms with Gasteiger partial charge in [0.05, 0.1) is 12.0 Å². The highest BCUT2D eigenvalue weighted by Gasteiger charge is 2.30. The van der Waals surface area contributed by atoms with Gasteiger partial charge in [-0.25, -0.2) is 8.42 Å². The van der Waals surface area contributed by atoms with Crippen LogP contribution in [0.1, 0.15) is 18.5 Å². The summed E-state index contributed by atoms with van der Waals surface area (Å²) >= 11 is 0. The van der Waals surface area contributed by atoms with E-state index in [1.165, 1.54) is 17.0 Å². The molecule has 7 nitrogen and oxygen atoms in total. The zero-order chi connectivity index (χ0) is 20.9. The first-order chi connectivity index (χ1) is 13.9. The molecule has 0 unspecified atom stereocenters. The van der Waals surface area contributed by atoms with Crippen LogP contribution in [0.15, 0.2) is 59.5 Å². The molecular formula is C21H28N3O4S+. The summed E-state index contributed by atoms with van der Waals surface area (Å²) < 4.78 is 32.1. The number of hydrogen-bond acceptors (Lipinski definition) is 4. The van der Waals surface area contributed by atoms with Crippen molar-refractivity contribution < 1.29 is 23.3 Å². The molecule has 2 N–H and O–H groups in total. The highest BCUT2D eigenvalue weighted by atomic mass is 32.2. The first-order valence-electron chi connectivity index (χ1n) is 9.72. The highest BCUT2D eigenvalue weighted by Crippen LogP contribution is 2.20. The fourth-order valence-corrected chi connectivity index (χ4v) is 4.80. The maximum atomic E-state index is 12.8. The van der Waals surface area contributed by atoms with Gasteiger partial charge in [-0.2, -0.15) is 4.31 Å². The third-order valence-corrected chi connectivity index (χ3v) is 7.17. The minimum absolute atomic E-state index is 0.0364.